The fourth-order valence-corrected chi connectivity index (χ4v) is 11.5. The first-order valence-electron chi connectivity index (χ1n) is 24.0. The van der Waals surface area contributed by atoms with Gasteiger partial charge < -0.3 is 58.4 Å². The molecule has 11 heterocycles. The second kappa shape index (κ2) is 24.8. The average Bonchev–Trinajstić information content (AvgIpc) is 4.24. The number of aliphatic hydroxyl groups is 3. The Balaban J connectivity index is 0.000000141. The van der Waals surface area contributed by atoms with E-state index in [1.54, 1.807) is 79.3 Å². The van der Waals surface area contributed by atoms with Crippen molar-refractivity contribution >= 4 is 105 Å². The van der Waals surface area contributed by atoms with E-state index >= 15 is 0 Å². The number of ether oxygens (including phenoxy) is 2. The zero-order chi connectivity index (χ0) is 51.6. The quantitative estimate of drug-likeness (QED) is 0.0547. The van der Waals surface area contributed by atoms with Gasteiger partial charge in [0, 0.05) is 69.6 Å². The van der Waals surface area contributed by atoms with Crippen LogP contribution in [0.1, 0.15) is 71.8 Å². The number of rotatable bonds is 12. The number of nitrogens with two attached hydrogens (primary N) is 4. The number of aromatic nitrogens is 9. The smallest absolute Gasteiger partial charge is 0.150 e. The summed E-state index contributed by atoms with van der Waals surface area (Å²) in [5.41, 5.74) is 29.8. The van der Waals surface area contributed by atoms with Crippen molar-refractivity contribution in [2.24, 2.45) is 5.73 Å². The average molecular weight is 1070 g/mol. The number of aliphatic hydroxyl groups excluding tert-OH is 3. The fraction of sp³-hybridized carbons (Fsp3) is 0.388. The maximum Gasteiger partial charge on any atom is 0.150 e. The van der Waals surface area contributed by atoms with Crippen LogP contribution in [-0.2, 0) is 9.47 Å². The Morgan fingerprint density at radius 1 is 0.644 bits per heavy atom. The van der Waals surface area contributed by atoms with Gasteiger partial charge in [-0.05, 0) is 95.7 Å². The van der Waals surface area contributed by atoms with Crippen LogP contribution in [0.25, 0.3) is 62.4 Å². The van der Waals surface area contributed by atoms with Gasteiger partial charge in [-0.25, -0.2) is 24.3 Å². The lowest BCUT2D eigenvalue weighted by atomic mass is 10.2. The number of nitrogen functional groups attached to an aromatic ring is 3. The molecule has 9 aromatic heterocycles. The molecule has 2 fully saturated rings. The maximum atomic E-state index is 9.56. The van der Waals surface area contributed by atoms with Gasteiger partial charge >= 0.3 is 0 Å². The van der Waals surface area contributed by atoms with Crippen LogP contribution in [0.3, 0.4) is 0 Å². The van der Waals surface area contributed by atoms with E-state index in [-0.39, 0.29) is 18.6 Å². The Kier molecular flexibility index (Phi) is 18.1. The van der Waals surface area contributed by atoms with E-state index in [1.165, 1.54) is 6.42 Å². The van der Waals surface area contributed by atoms with Crippen LogP contribution in [0.4, 0.5) is 28.8 Å². The van der Waals surface area contributed by atoms with Crippen molar-refractivity contribution in [1.29, 1.82) is 0 Å². The summed E-state index contributed by atoms with van der Waals surface area (Å²) in [4.78, 5) is 16.4. The summed E-state index contributed by atoms with van der Waals surface area (Å²) in [5, 5.41) is 50.1. The minimum Gasteiger partial charge on any atom is -0.392 e. The highest BCUT2D eigenvalue weighted by Crippen LogP contribution is 2.41. The van der Waals surface area contributed by atoms with Gasteiger partial charge in [0.1, 0.15) is 17.5 Å². The number of nitrogens with zero attached hydrogens (tertiary/aromatic N) is 8. The van der Waals surface area contributed by atoms with Gasteiger partial charge in [-0.1, -0.05) is 11.6 Å². The molecule has 2 aliphatic heterocycles. The zero-order valence-corrected chi connectivity index (χ0v) is 43.9. The third kappa shape index (κ3) is 13.6. The first kappa shape index (κ1) is 53.3. The van der Waals surface area contributed by atoms with E-state index < -0.39 is 12.2 Å². The van der Waals surface area contributed by atoms with Crippen LogP contribution in [0.2, 0.25) is 5.02 Å². The third-order valence-electron chi connectivity index (χ3n) is 11.4. The summed E-state index contributed by atoms with van der Waals surface area (Å²) in [6.45, 7) is 7.99. The molecule has 0 bridgehead atoms. The number of nitrogens with one attached hydrogen (secondary N) is 3. The molecule has 24 heteroatoms. The summed E-state index contributed by atoms with van der Waals surface area (Å²) in [5.74, 6) is 1.35. The number of thiophene rings is 3. The topological polar surface area (TPSA) is 310 Å². The molecule has 0 saturated carbocycles. The molecular weight excluding hydrogens is 1010 g/mol. The van der Waals surface area contributed by atoms with Crippen LogP contribution in [0.15, 0.2) is 73.2 Å². The number of pyridine rings is 3. The number of aromatic amines is 1. The number of H-pyrrole nitrogens is 1. The molecule has 2 unspecified atom stereocenters. The summed E-state index contributed by atoms with van der Waals surface area (Å²) >= 11 is 11.1. The van der Waals surface area contributed by atoms with Crippen molar-refractivity contribution in [1.82, 2.24) is 44.7 Å². The molecule has 2 saturated heterocycles. The molecule has 14 N–H and O–H groups in total. The van der Waals surface area contributed by atoms with E-state index in [2.05, 4.69) is 46.0 Å². The largest absolute Gasteiger partial charge is 0.392 e. The number of hydrogen-bond acceptors (Lipinski definition) is 20. The van der Waals surface area contributed by atoms with Gasteiger partial charge in [0.15, 0.2) is 12.5 Å². The van der Waals surface area contributed by atoms with E-state index in [1.807, 2.05) is 58.0 Å². The molecule has 0 spiro atoms. The maximum absolute atomic E-state index is 9.56. The summed E-state index contributed by atoms with van der Waals surface area (Å²) in [7, 11) is 0. The zero-order valence-electron chi connectivity index (χ0n) is 40.7. The minimum absolute atomic E-state index is 0.00942. The van der Waals surface area contributed by atoms with Gasteiger partial charge in [0.25, 0.3) is 0 Å². The van der Waals surface area contributed by atoms with Crippen molar-refractivity contribution < 1.29 is 24.8 Å². The van der Waals surface area contributed by atoms with Crippen molar-refractivity contribution in [3.63, 3.8) is 0 Å². The van der Waals surface area contributed by atoms with Gasteiger partial charge in [-0.2, -0.15) is 15.3 Å². The lowest BCUT2D eigenvalue weighted by Gasteiger charge is -2.24. The fourth-order valence-electron chi connectivity index (χ4n) is 7.95. The highest BCUT2D eigenvalue weighted by molar-refractivity contribution is 7.23. The predicted molar refractivity (Wildman–Crippen MR) is 296 cm³/mol. The molecule has 20 nitrogen and oxygen atoms in total. The molecule has 5 atom stereocenters. The molecule has 388 valence electrons. The lowest BCUT2D eigenvalue weighted by Crippen LogP contribution is -2.19. The molecule has 0 aliphatic carbocycles. The molecule has 9 aromatic rings. The van der Waals surface area contributed by atoms with Crippen LogP contribution >= 0.6 is 45.6 Å². The second-order valence-electron chi connectivity index (χ2n) is 17.7. The minimum atomic E-state index is -0.441. The standard InChI is InChI=1S/C18H23N5O2S.C15H15ClN4OS.C13H15N5OS.C3H9NO/c1-11(24)10-20-12-9-16(19)22-13-8-15(26-18(12)13)14-5-6-21-23(14)17-4-2-3-7-25-17;16-9-7-13(17)19-10-8-12(22-15(9)10)11-4-5-18-20(11)14-3-1-2-6-21-14;1-7(19)6-15-9-5-12(14)17-10-4-11(20-13(9)10)8-2-3-16-18-8;1-3(5)2-4/h5-6,8-9,11,17,24H,2-4,7,10H2,1H3,(H3,19,20,22);4-5,7-8,14H,1-3,6H2,(H2,17,19);2-5,7,19H,6H2,1H3,(H,16,18)(H3,14,15,17);3,5H,2,4H2,1H3/t11-,17?;;7-;3-/m0.00/s1. The number of fused-ring (bicyclic) bond motifs is 3. The Hall–Kier alpha value is -5.99. The van der Waals surface area contributed by atoms with Crippen LogP contribution in [0, 0.1) is 0 Å². The van der Waals surface area contributed by atoms with Crippen molar-refractivity contribution in [3.05, 3.63) is 78.2 Å². The Labute approximate surface area is 438 Å². The van der Waals surface area contributed by atoms with E-state index in [4.69, 9.17) is 49.1 Å². The van der Waals surface area contributed by atoms with Gasteiger partial charge in [-0.3, -0.25) is 5.10 Å². The first-order valence-corrected chi connectivity index (χ1v) is 26.9. The van der Waals surface area contributed by atoms with Crippen LogP contribution in [-0.4, -0.2) is 111 Å². The lowest BCUT2D eigenvalue weighted by molar-refractivity contribution is -0.0384. The molecule has 0 amide bonds. The normalized spacial score (nSPS) is 16.9. The predicted octanol–water partition coefficient (Wildman–Crippen LogP) is 8.72. The molecule has 0 radical (unpaired) electrons. The second-order valence-corrected chi connectivity index (χ2v) is 21.2. The van der Waals surface area contributed by atoms with Crippen LogP contribution in [0.5, 0.6) is 0 Å². The molecule has 11 rings (SSSR count). The van der Waals surface area contributed by atoms with Gasteiger partial charge in [0.05, 0.1) is 97.1 Å². The van der Waals surface area contributed by atoms with Crippen molar-refractivity contribution in [3.8, 4) is 31.7 Å². The van der Waals surface area contributed by atoms with Crippen LogP contribution < -0.4 is 33.6 Å². The Bertz CT molecular complexity index is 3170. The third-order valence-corrected chi connectivity index (χ3v) is 15.4. The molecule has 73 heavy (non-hydrogen) atoms. The first-order chi connectivity index (χ1) is 35.2. The molecular formula is C49H62ClN15O5S3. The van der Waals surface area contributed by atoms with E-state index in [0.717, 1.165) is 119 Å². The summed E-state index contributed by atoms with van der Waals surface area (Å²) < 4.78 is 18.7. The SMILES string of the molecule is C[C@H](O)CN.C[C@H](O)CNc1cc(N)nc2cc(-c3ccn[nH]3)sc12.C[C@H](O)CNc1cc(N)nc2cc(-c3ccnn3C3CCCCO3)sc12.Nc1cc(Cl)c2sc(-c3ccnn3C3CCCCO3)cc2n1. The highest BCUT2D eigenvalue weighted by Gasteiger charge is 2.23. The number of anilines is 5. The van der Waals surface area contributed by atoms with Crippen molar-refractivity contribution in [2.45, 2.75) is 90.1 Å². The summed E-state index contributed by atoms with van der Waals surface area (Å²) in [6.07, 6.45) is 10.7. The van der Waals surface area contributed by atoms with Gasteiger partial charge in [0.2, 0.25) is 0 Å². The van der Waals surface area contributed by atoms with Gasteiger partial charge in [-0.15, -0.1) is 34.0 Å². The van der Waals surface area contributed by atoms with E-state index in [0.29, 0.717) is 42.1 Å². The highest BCUT2D eigenvalue weighted by atomic mass is 35.5. The molecule has 0 aromatic carbocycles. The Morgan fingerprint density at radius 3 is 1.53 bits per heavy atom. The summed E-state index contributed by atoms with van der Waals surface area (Å²) in [6, 6.07) is 17.2. The van der Waals surface area contributed by atoms with Crippen molar-refractivity contribution in [2.75, 3.05) is 60.7 Å². The Morgan fingerprint density at radius 2 is 1.10 bits per heavy atom. The monoisotopic (exact) mass is 1070 g/mol. The van der Waals surface area contributed by atoms with E-state index in [9.17, 15) is 10.2 Å². The number of halogens is 1. The number of hydrogen-bond donors (Lipinski definition) is 10. The molecule has 2 aliphatic rings.